The molecule has 0 fully saturated rings. The zero-order valence-electron chi connectivity index (χ0n) is 9.91. The fraction of sp³-hybridized carbons (Fsp3) is 0.333. The Balaban J connectivity index is 2.06. The number of aryl methyl sites for hydroxylation is 1. The number of hydrogen-bond donors (Lipinski definition) is 2. The molecule has 1 aromatic heterocycles. The first-order valence-electron chi connectivity index (χ1n) is 5.55. The Morgan fingerprint density at radius 2 is 2.35 bits per heavy atom. The maximum Gasteiger partial charge on any atom is 0.325 e. The fourth-order valence-corrected chi connectivity index (χ4v) is 1.63. The Morgan fingerprint density at radius 3 is 3.12 bits per heavy atom. The van der Waals surface area contributed by atoms with E-state index in [-0.39, 0.29) is 12.5 Å². The zero-order valence-corrected chi connectivity index (χ0v) is 9.91. The van der Waals surface area contributed by atoms with Gasteiger partial charge in [0.1, 0.15) is 12.4 Å². The zero-order chi connectivity index (χ0) is 12.3. The molecule has 0 spiro atoms. The van der Waals surface area contributed by atoms with E-state index in [1.165, 1.54) is 0 Å². The van der Waals surface area contributed by atoms with Gasteiger partial charge in [0.15, 0.2) is 0 Å². The predicted octanol–water partition coefficient (Wildman–Crippen LogP) is 1.85. The lowest BCUT2D eigenvalue weighted by atomic mass is 10.3. The number of aromatic amines is 1. The van der Waals surface area contributed by atoms with E-state index in [2.05, 4.69) is 15.3 Å². The molecule has 0 radical (unpaired) electrons. The van der Waals surface area contributed by atoms with Crippen molar-refractivity contribution in [3.8, 4) is 0 Å². The number of rotatable bonds is 4. The topological polar surface area (TPSA) is 67.0 Å². The molecule has 0 aliphatic carbocycles. The molecule has 1 heterocycles. The Labute approximate surface area is 99.2 Å². The molecule has 5 heteroatoms. The summed E-state index contributed by atoms with van der Waals surface area (Å²) < 4.78 is 4.83. The van der Waals surface area contributed by atoms with Crippen LogP contribution < -0.4 is 5.32 Å². The molecule has 0 unspecified atom stereocenters. The number of esters is 1. The summed E-state index contributed by atoms with van der Waals surface area (Å²) in [6, 6.07) is 5.72. The summed E-state index contributed by atoms with van der Waals surface area (Å²) in [6.07, 6.45) is 0. The highest BCUT2D eigenvalue weighted by atomic mass is 16.5. The van der Waals surface area contributed by atoms with Gasteiger partial charge in [-0.3, -0.25) is 4.79 Å². The summed E-state index contributed by atoms with van der Waals surface area (Å²) >= 11 is 0. The molecule has 0 aliphatic heterocycles. The van der Waals surface area contributed by atoms with Gasteiger partial charge >= 0.3 is 5.97 Å². The Kier molecular flexibility index (Phi) is 3.27. The monoisotopic (exact) mass is 233 g/mol. The Hall–Kier alpha value is -2.04. The minimum absolute atomic E-state index is 0.173. The van der Waals surface area contributed by atoms with E-state index in [0.717, 1.165) is 22.5 Å². The highest BCUT2D eigenvalue weighted by molar-refractivity contribution is 5.81. The maximum atomic E-state index is 11.2. The molecule has 2 N–H and O–H groups in total. The Morgan fingerprint density at radius 1 is 1.53 bits per heavy atom. The summed E-state index contributed by atoms with van der Waals surface area (Å²) in [5, 5.41) is 3.01. The molecule has 0 saturated heterocycles. The number of anilines is 1. The van der Waals surface area contributed by atoms with Gasteiger partial charge in [0, 0.05) is 5.69 Å². The number of nitrogens with one attached hydrogen (secondary N) is 2. The van der Waals surface area contributed by atoms with E-state index in [9.17, 15) is 4.79 Å². The van der Waals surface area contributed by atoms with Crippen LogP contribution in [0.2, 0.25) is 0 Å². The number of fused-ring (bicyclic) bond motifs is 1. The lowest BCUT2D eigenvalue weighted by Crippen LogP contribution is -2.16. The summed E-state index contributed by atoms with van der Waals surface area (Å²) in [6.45, 7) is 4.27. The highest BCUT2D eigenvalue weighted by Crippen LogP contribution is 2.16. The second kappa shape index (κ2) is 4.86. The second-order valence-corrected chi connectivity index (χ2v) is 3.71. The fourth-order valence-electron chi connectivity index (χ4n) is 1.63. The van der Waals surface area contributed by atoms with E-state index in [1.807, 2.05) is 25.1 Å². The van der Waals surface area contributed by atoms with E-state index in [1.54, 1.807) is 6.92 Å². The molecule has 5 nitrogen and oxygen atoms in total. The molecule has 0 bridgehead atoms. The minimum Gasteiger partial charge on any atom is -0.465 e. The Bertz CT molecular complexity index is 534. The lowest BCUT2D eigenvalue weighted by Gasteiger charge is -2.05. The van der Waals surface area contributed by atoms with Gasteiger partial charge in [-0.05, 0) is 32.0 Å². The largest absolute Gasteiger partial charge is 0.465 e. The standard InChI is InChI=1S/C12H15N3O2/c1-3-17-12(16)7-13-9-4-5-10-11(6-9)15-8(2)14-10/h4-6,13H,3,7H2,1-2H3,(H,14,15). The van der Waals surface area contributed by atoms with Gasteiger partial charge in [-0.2, -0.15) is 0 Å². The number of benzene rings is 1. The second-order valence-electron chi connectivity index (χ2n) is 3.71. The summed E-state index contributed by atoms with van der Waals surface area (Å²) in [7, 11) is 0. The van der Waals surface area contributed by atoms with Crippen LogP contribution in [0.25, 0.3) is 11.0 Å². The van der Waals surface area contributed by atoms with Crippen molar-refractivity contribution in [1.82, 2.24) is 9.97 Å². The van der Waals surface area contributed by atoms with Crippen molar-refractivity contribution in [2.75, 3.05) is 18.5 Å². The number of imidazole rings is 1. The van der Waals surface area contributed by atoms with Gasteiger partial charge in [0.05, 0.1) is 17.6 Å². The molecule has 90 valence electrons. The third-order valence-electron chi connectivity index (χ3n) is 2.34. The van der Waals surface area contributed by atoms with Crippen molar-refractivity contribution in [3.63, 3.8) is 0 Å². The van der Waals surface area contributed by atoms with E-state index in [4.69, 9.17) is 4.74 Å². The smallest absolute Gasteiger partial charge is 0.325 e. The van der Waals surface area contributed by atoms with Gasteiger partial charge in [-0.25, -0.2) is 4.98 Å². The van der Waals surface area contributed by atoms with Crippen molar-refractivity contribution >= 4 is 22.7 Å². The van der Waals surface area contributed by atoms with Crippen molar-refractivity contribution in [3.05, 3.63) is 24.0 Å². The normalized spacial score (nSPS) is 10.5. The third-order valence-corrected chi connectivity index (χ3v) is 2.34. The average molecular weight is 233 g/mol. The van der Waals surface area contributed by atoms with E-state index >= 15 is 0 Å². The quantitative estimate of drug-likeness (QED) is 0.791. The van der Waals surface area contributed by atoms with Crippen LogP contribution in [0.4, 0.5) is 5.69 Å². The number of carbonyl (C=O) groups is 1. The molecule has 0 aliphatic rings. The number of nitrogens with zero attached hydrogens (tertiary/aromatic N) is 1. The first kappa shape index (κ1) is 11.4. The lowest BCUT2D eigenvalue weighted by molar-refractivity contribution is -0.140. The van der Waals surface area contributed by atoms with Gasteiger partial charge in [-0.15, -0.1) is 0 Å². The molecule has 0 amide bonds. The van der Waals surface area contributed by atoms with Crippen molar-refractivity contribution in [2.45, 2.75) is 13.8 Å². The first-order valence-corrected chi connectivity index (χ1v) is 5.55. The first-order chi connectivity index (χ1) is 8.19. The molecular weight excluding hydrogens is 218 g/mol. The number of carbonyl (C=O) groups excluding carboxylic acids is 1. The van der Waals surface area contributed by atoms with Crippen molar-refractivity contribution in [2.24, 2.45) is 0 Å². The van der Waals surface area contributed by atoms with Crippen LogP contribution in [-0.4, -0.2) is 29.1 Å². The van der Waals surface area contributed by atoms with Gasteiger partial charge < -0.3 is 15.0 Å². The molecular formula is C12H15N3O2. The van der Waals surface area contributed by atoms with Crippen LogP contribution in [-0.2, 0) is 9.53 Å². The minimum atomic E-state index is -0.256. The third kappa shape index (κ3) is 2.75. The van der Waals surface area contributed by atoms with Gasteiger partial charge in [-0.1, -0.05) is 0 Å². The molecule has 1 aromatic carbocycles. The number of H-pyrrole nitrogens is 1. The summed E-state index contributed by atoms with van der Waals surface area (Å²) in [4.78, 5) is 18.6. The number of hydrogen-bond acceptors (Lipinski definition) is 4. The summed E-state index contributed by atoms with van der Waals surface area (Å²) in [5.41, 5.74) is 2.75. The van der Waals surface area contributed by atoms with E-state index < -0.39 is 0 Å². The van der Waals surface area contributed by atoms with E-state index in [0.29, 0.717) is 6.61 Å². The van der Waals surface area contributed by atoms with Crippen LogP contribution >= 0.6 is 0 Å². The van der Waals surface area contributed by atoms with Crippen LogP contribution in [0.1, 0.15) is 12.7 Å². The SMILES string of the molecule is CCOC(=O)CNc1ccc2nc(C)[nH]c2c1. The van der Waals surface area contributed by atoms with Crippen LogP contribution in [0.15, 0.2) is 18.2 Å². The maximum absolute atomic E-state index is 11.2. The van der Waals surface area contributed by atoms with Crippen molar-refractivity contribution < 1.29 is 9.53 Å². The molecule has 0 atom stereocenters. The average Bonchev–Trinajstić information content (AvgIpc) is 2.66. The van der Waals surface area contributed by atoms with Crippen molar-refractivity contribution in [1.29, 1.82) is 0 Å². The number of ether oxygens (including phenoxy) is 1. The summed E-state index contributed by atoms with van der Waals surface area (Å²) in [5.74, 6) is 0.621. The molecule has 2 aromatic rings. The van der Waals surface area contributed by atoms with Gasteiger partial charge in [0.25, 0.3) is 0 Å². The van der Waals surface area contributed by atoms with Crippen LogP contribution in [0.3, 0.4) is 0 Å². The molecule has 0 saturated carbocycles. The number of aromatic nitrogens is 2. The van der Waals surface area contributed by atoms with Crippen LogP contribution in [0, 0.1) is 6.92 Å². The van der Waals surface area contributed by atoms with Crippen LogP contribution in [0.5, 0.6) is 0 Å². The highest BCUT2D eigenvalue weighted by Gasteiger charge is 2.03. The molecule has 17 heavy (non-hydrogen) atoms. The van der Waals surface area contributed by atoms with Gasteiger partial charge in [0.2, 0.25) is 0 Å². The predicted molar refractivity (Wildman–Crippen MR) is 66.0 cm³/mol. The molecule has 2 rings (SSSR count).